The molecule has 0 spiro atoms. The summed E-state index contributed by atoms with van der Waals surface area (Å²) in [6, 6.07) is 6.83. The van der Waals surface area contributed by atoms with Gasteiger partial charge in [0.15, 0.2) is 5.22 Å². The van der Waals surface area contributed by atoms with Gasteiger partial charge in [0.25, 0.3) is 0 Å². The van der Waals surface area contributed by atoms with Crippen LogP contribution in [0.5, 0.6) is 0 Å². The predicted octanol–water partition coefficient (Wildman–Crippen LogP) is 3.59. The summed E-state index contributed by atoms with van der Waals surface area (Å²) in [5, 5.41) is 13.7. The van der Waals surface area contributed by atoms with E-state index in [1.165, 1.54) is 6.07 Å². The van der Waals surface area contributed by atoms with Crippen LogP contribution in [0.1, 0.15) is 5.76 Å². The molecule has 2 rings (SSSR count). The van der Waals surface area contributed by atoms with E-state index in [4.69, 9.17) is 16.0 Å². The van der Waals surface area contributed by atoms with Gasteiger partial charge in [0.1, 0.15) is 5.76 Å². The Bertz CT molecular complexity index is 585. The first-order valence-corrected chi connectivity index (χ1v) is 5.36. The van der Waals surface area contributed by atoms with Gasteiger partial charge in [0.05, 0.1) is 11.5 Å². The van der Waals surface area contributed by atoms with Crippen LogP contribution in [0, 0.1) is 15.9 Å². The molecular formula is C11H8ClFN2O3. The Kier molecular flexibility index (Phi) is 3.47. The van der Waals surface area contributed by atoms with Gasteiger partial charge in [-0.15, -0.1) is 0 Å². The highest BCUT2D eigenvalue weighted by atomic mass is 35.5. The molecule has 0 aliphatic heterocycles. The summed E-state index contributed by atoms with van der Waals surface area (Å²) in [7, 11) is 0. The molecule has 1 aromatic carbocycles. The number of nitrogens with one attached hydrogen (secondary N) is 1. The van der Waals surface area contributed by atoms with Crippen LogP contribution in [0.4, 0.5) is 15.8 Å². The van der Waals surface area contributed by atoms with Crippen molar-refractivity contribution in [3.05, 3.63) is 57.2 Å². The molecule has 1 aromatic heterocycles. The highest BCUT2D eigenvalue weighted by Crippen LogP contribution is 2.22. The van der Waals surface area contributed by atoms with Crippen LogP contribution in [0.15, 0.2) is 34.7 Å². The zero-order valence-electron chi connectivity index (χ0n) is 9.02. The third-order valence-corrected chi connectivity index (χ3v) is 2.44. The second-order valence-corrected chi connectivity index (χ2v) is 3.86. The van der Waals surface area contributed by atoms with Crippen LogP contribution >= 0.6 is 11.6 Å². The van der Waals surface area contributed by atoms with Crippen molar-refractivity contribution in [1.29, 1.82) is 0 Å². The van der Waals surface area contributed by atoms with E-state index in [2.05, 4.69) is 5.32 Å². The molecule has 0 radical (unpaired) electrons. The Hall–Kier alpha value is -2.08. The van der Waals surface area contributed by atoms with Crippen molar-refractivity contribution in [2.75, 3.05) is 5.32 Å². The minimum atomic E-state index is -0.869. The van der Waals surface area contributed by atoms with E-state index in [-0.39, 0.29) is 5.22 Å². The van der Waals surface area contributed by atoms with Crippen molar-refractivity contribution < 1.29 is 13.7 Å². The molecule has 1 heterocycles. The molecule has 0 fully saturated rings. The van der Waals surface area contributed by atoms with Gasteiger partial charge in [-0.1, -0.05) is 0 Å². The van der Waals surface area contributed by atoms with Gasteiger partial charge in [0.2, 0.25) is 5.82 Å². The van der Waals surface area contributed by atoms with E-state index in [0.717, 1.165) is 12.1 Å². The molecule has 0 saturated carbocycles. The van der Waals surface area contributed by atoms with Gasteiger partial charge in [-0.05, 0) is 35.9 Å². The summed E-state index contributed by atoms with van der Waals surface area (Å²) >= 11 is 5.60. The van der Waals surface area contributed by atoms with Crippen LogP contribution in [-0.2, 0) is 6.54 Å². The number of nitro groups is 1. The Labute approximate surface area is 106 Å². The SMILES string of the molecule is O=[N+]([O-])c1cc(NCc2ccc(Cl)o2)ccc1F. The number of nitro benzene ring substituents is 1. The van der Waals surface area contributed by atoms with Gasteiger partial charge in [-0.3, -0.25) is 10.1 Å². The van der Waals surface area contributed by atoms with Gasteiger partial charge in [-0.25, -0.2) is 0 Å². The Morgan fingerprint density at radius 3 is 2.78 bits per heavy atom. The molecule has 18 heavy (non-hydrogen) atoms. The van der Waals surface area contributed by atoms with Crippen LogP contribution in [0.25, 0.3) is 0 Å². The topological polar surface area (TPSA) is 68.3 Å². The fourth-order valence-electron chi connectivity index (χ4n) is 1.40. The summed E-state index contributed by atoms with van der Waals surface area (Å²) in [5.41, 5.74) is -0.145. The predicted molar refractivity (Wildman–Crippen MR) is 64.1 cm³/mol. The smallest absolute Gasteiger partial charge is 0.306 e. The molecule has 0 bridgehead atoms. The van der Waals surface area contributed by atoms with Crippen LogP contribution in [-0.4, -0.2) is 4.92 Å². The minimum absolute atomic E-state index is 0.261. The fourth-order valence-corrected chi connectivity index (χ4v) is 1.56. The average molecular weight is 271 g/mol. The third-order valence-electron chi connectivity index (χ3n) is 2.24. The van der Waals surface area contributed by atoms with E-state index in [1.54, 1.807) is 12.1 Å². The fraction of sp³-hybridized carbons (Fsp3) is 0.0909. The molecule has 0 aliphatic rings. The number of anilines is 1. The first-order chi connectivity index (χ1) is 8.56. The van der Waals surface area contributed by atoms with E-state index in [9.17, 15) is 14.5 Å². The zero-order valence-corrected chi connectivity index (χ0v) is 9.78. The van der Waals surface area contributed by atoms with Crippen molar-refractivity contribution in [2.24, 2.45) is 0 Å². The highest BCUT2D eigenvalue weighted by Gasteiger charge is 2.14. The first-order valence-electron chi connectivity index (χ1n) is 4.98. The Balaban J connectivity index is 2.10. The van der Waals surface area contributed by atoms with Crippen molar-refractivity contribution >= 4 is 23.0 Å². The molecule has 7 heteroatoms. The summed E-state index contributed by atoms with van der Waals surface area (Å²) in [4.78, 5) is 9.78. The quantitative estimate of drug-likeness (QED) is 0.681. The normalized spacial score (nSPS) is 10.3. The standard InChI is InChI=1S/C11H8ClFN2O3/c12-11-4-2-8(18-11)6-14-7-1-3-9(13)10(5-7)15(16)17/h1-5,14H,6H2. The highest BCUT2D eigenvalue weighted by molar-refractivity contribution is 6.28. The monoisotopic (exact) mass is 270 g/mol. The molecule has 0 aliphatic carbocycles. The zero-order chi connectivity index (χ0) is 13.1. The van der Waals surface area contributed by atoms with Gasteiger partial charge in [-0.2, -0.15) is 4.39 Å². The van der Waals surface area contributed by atoms with Crippen molar-refractivity contribution in [2.45, 2.75) is 6.54 Å². The summed E-state index contributed by atoms with van der Waals surface area (Å²) in [5.74, 6) is -0.293. The Morgan fingerprint density at radius 1 is 1.39 bits per heavy atom. The second-order valence-electron chi connectivity index (χ2n) is 3.48. The number of benzene rings is 1. The van der Waals surface area contributed by atoms with E-state index < -0.39 is 16.4 Å². The maximum atomic E-state index is 13.1. The molecule has 0 atom stereocenters. The molecule has 5 nitrogen and oxygen atoms in total. The first kappa shape index (κ1) is 12.4. The van der Waals surface area contributed by atoms with Gasteiger partial charge < -0.3 is 9.73 Å². The number of furan rings is 1. The van der Waals surface area contributed by atoms with E-state index in [1.807, 2.05) is 0 Å². The second kappa shape index (κ2) is 5.05. The average Bonchev–Trinajstić information content (AvgIpc) is 2.74. The maximum absolute atomic E-state index is 13.1. The summed E-state index contributed by atoms with van der Waals surface area (Å²) in [6.45, 7) is 0.301. The van der Waals surface area contributed by atoms with Crippen molar-refractivity contribution in [3.8, 4) is 0 Å². The molecule has 0 unspecified atom stereocenters. The number of hydrogen-bond donors (Lipinski definition) is 1. The minimum Gasteiger partial charge on any atom is -0.448 e. The van der Waals surface area contributed by atoms with Gasteiger partial charge >= 0.3 is 5.69 Å². The number of rotatable bonds is 4. The molecule has 94 valence electrons. The largest absolute Gasteiger partial charge is 0.448 e. The number of hydrogen-bond acceptors (Lipinski definition) is 4. The lowest BCUT2D eigenvalue weighted by Gasteiger charge is -2.04. The molecule has 0 amide bonds. The lowest BCUT2D eigenvalue weighted by molar-refractivity contribution is -0.387. The maximum Gasteiger partial charge on any atom is 0.306 e. The van der Waals surface area contributed by atoms with Gasteiger partial charge in [0, 0.05) is 11.8 Å². The summed E-state index contributed by atoms with van der Waals surface area (Å²) in [6.07, 6.45) is 0. The van der Waals surface area contributed by atoms with E-state index in [0.29, 0.717) is 18.0 Å². The van der Waals surface area contributed by atoms with Crippen molar-refractivity contribution in [3.63, 3.8) is 0 Å². The van der Waals surface area contributed by atoms with E-state index >= 15 is 0 Å². The van der Waals surface area contributed by atoms with Crippen LogP contribution in [0.2, 0.25) is 5.22 Å². The number of nitrogens with zero attached hydrogens (tertiary/aromatic N) is 1. The Morgan fingerprint density at radius 2 is 2.17 bits per heavy atom. The molecule has 1 N–H and O–H groups in total. The lowest BCUT2D eigenvalue weighted by atomic mass is 10.2. The third kappa shape index (κ3) is 2.78. The number of halogens is 2. The summed E-state index contributed by atoms with van der Waals surface area (Å²) < 4.78 is 18.2. The van der Waals surface area contributed by atoms with Crippen LogP contribution in [0.3, 0.4) is 0 Å². The molecular weight excluding hydrogens is 263 g/mol. The lowest BCUT2D eigenvalue weighted by Crippen LogP contribution is -2.00. The molecule has 2 aromatic rings. The molecule has 0 saturated heterocycles. The van der Waals surface area contributed by atoms with Crippen molar-refractivity contribution in [1.82, 2.24) is 0 Å². The van der Waals surface area contributed by atoms with Crippen LogP contribution < -0.4 is 5.32 Å².